The van der Waals surface area contributed by atoms with Gasteiger partial charge in [-0.1, -0.05) is 13.3 Å². The fraction of sp³-hybridized carbons (Fsp3) is 0.296. The van der Waals surface area contributed by atoms with E-state index in [1.54, 1.807) is 30.5 Å². The number of aromatic nitrogens is 1. The number of carboxylic acid groups (broad SMARTS) is 1. The van der Waals surface area contributed by atoms with Gasteiger partial charge in [-0.15, -0.1) is 0 Å². The first-order valence-corrected chi connectivity index (χ1v) is 11.8. The maximum Gasteiger partial charge on any atom is 0.336 e. The van der Waals surface area contributed by atoms with E-state index in [1.165, 1.54) is 25.1 Å². The number of fused-ring (bicyclic) bond motifs is 2. The number of benzene rings is 2. The number of aromatic amines is 1. The molecule has 9 heteroatoms. The second-order valence-electron chi connectivity index (χ2n) is 8.74. The standard InChI is InChI=1S/C27H28N2O7/c1-3-4-5-16-11-25(31)36-24-13-19(7-8-20(16)24)35-15(2)26(32)29-23(27(33)34)10-17-14-28-22-9-6-18(30)12-21(17)22/h6-9,11-15,23,28,30H,3-5,10H2,1-2H3,(H,29,32)(H,33,34)/p-1/t15-,23-/m1/s1. The Bertz CT molecular complexity index is 1470. The second kappa shape index (κ2) is 10.6. The van der Waals surface area contributed by atoms with Crippen LogP contribution in [0.5, 0.6) is 11.5 Å². The Morgan fingerprint density at radius 1 is 1.14 bits per heavy atom. The number of amides is 1. The minimum Gasteiger partial charge on any atom is -0.548 e. The van der Waals surface area contributed by atoms with Crippen molar-refractivity contribution in [2.45, 2.75) is 51.7 Å². The van der Waals surface area contributed by atoms with E-state index in [2.05, 4.69) is 17.2 Å². The Hall–Kier alpha value is -4.27. The summed E-state index contributed by atoms with van der Waals surface area (Å²) in [5, 5.41) is 25.4. The number of hydrogen-bond acceptors (Lipinski definition) is 7. The number of carboxylic acids is 1. The summed E-state index contributed by atoms with van der Waals surface area (Å²) in [6, 6.07) is 9.89. The number of H-pyrrole nitrogens is 1. The van der Waals surface area contributed by atoms with Gasteiger partial charge in [0, 0.05) is 41.0 Å². The molecular formula is C27H27N2O7-. The van der Waals surface area contributed by atoms with Gasteiger partial charge in [0.25, 0.3) is 5.91 Å². The number of aliphatic carboxylic acids is 1. The zero-order valence-electron chi connectivity index (χ0n) is 20.0. The van der Waals surface area contributed by atoms with Crippen LogP contribution in [0.15, 0.2) is 57.9 Å². The number of unbranched alkanes of at least 4 members (excludes halogenated alkanes) is 1. The number of nitrogens with one attached hydrogen (secondary N) is 2. The molecular weight excluding hydrogens is 464 g/mol. The summed E-state index contributed by atoms with van der Waals surface area (Å²) in [6.07, 6.45) is 3.22. The van der Waals surface area contributed by atoms with Crippen molar-refractivity contribution < 1.29 is 29.0 Å². The molecule has 0 unspecified atom stereocenters. The van der Waals surface area contributed by atoms with Gasteiger partial charge in [0.05, 0.1) is 12.0 Å². The molecule has 3 N–H and O–H groups in total. The van der Waals surface area contributed by atoms with Gasteiger partial charge in [0.2, 0.25) is 0 Å². The van der Waals surface area contributed by atoms with Gasteiger partial charge < -0.3 is 34.5 Å². The fourth-order valence-corrected chi connectivity index (χ4v) is 4.15. The number of phenols is 1. The van der Waals surface area contributed by atoms with Crippen molar-refractivity contribution in [2.24, 2.45) is 0 Å². The van der Waals surface area contributed by atoms with Gasteiger partial charge in [0.1, 0.15) is 17.1 Å². The highest BCUT2D eigenvalue weighted by Gasteiger charge is 2.22. The summed E-state index contributed by atoms with van der Waals surface area (Å²) in [5.41, 5.74) is 2.12. The summed E-state index contributed by atoms with van der Waals surface area (Å²) in [5.74, 6) is -1.75. The predicted octanol–water partition coefficient (Wildman–Crippen LogP) is 2.57. The Morgan fingerprint density at radius 3 is 2.69 bits per heavy atom. The molecule has 2 heterocycles. The molecule has 4 rings (SSSR count). The summed E-state index contributed by atoms with van der Waals surface area (Å²) >= 11 is 0. The first-order chi connectivity index (χ1) is 17.2. The molecule has 2 aromatic heterocycles. The zero-order chi connectivity index (χ0) is 25.8. The largest absolute Gasteiger partial charge is 0.548 e. The molecule has 9 nitrogen and oxygen atoms in total. The minimum absolute atomic E-state index is 0.0445. The molecule has 4 aromatic rings. The molecule has 0 radical (unpaired) electrons. The Morgan fingerprint density at radius 2 is 1.94 bits per heavy atom. The van der Waals surface area contributed by atoms with Gasteiger partial charge in [-0.2, -0.15) is 0 Å². The van der Waals surface area contributed by atoms with Crippen molar-refractivity contribution in [3.63, 3.8) is 0 Å². The highest BCUT2D eigenvalue weighted by atomic mass is 16.5. The van der Waals surface area contributed by atoms with Gasteiger partial charge in [-0.25, -0.2) is 4.79 Å². The van der Waals surface area contributed by atoms with Crippen molar-refractivity contribution in [1.29, 1.82) is 0 Å². The lowest BCUT2D eigenvalue weighted by molar-refractivity contribution is -0.308. The quantitative estimate of drug-likeness (QED) is 0.289. The Balaban J connectivity index is 1.47. The van der Waals surface area contributed by atoms with Crippen LogP contribution in [0, 0.1) is 0 Å². The van der Waals surface area contributed by atoms with Crippen LogP contribution in [0.2, 0.25) is 0 Å². The second-order valence-corrected chi connectivity index (χ2v) is 8.74. The first-order valence-electron chi connectivity index (χ1n) is 11.8. The average Bonchev–Trinajstić information content (AvgIpc) is 3.23. The van der Waals surface area contributed by atoms with Gasteiger partial charge in [-0.3, -0.25) is 4.79 Å². The number of phenolic OH excluding ortho intramolecular Hbond substituents is 1. The normalized spacial score (nSPS) is 12.9. The lowest BCUT2D eigenvalue weighted by Gasteiger charge is -2.22. The highest BCUT2D eigenvalue weighted by molar-refractivity contribution is 5.88. The molecule has 0 bridgehead atoms. The smallest absolute Gasteiger partial charge is 0.336 e. The molecule has 188 valence electrons. The monoisotopic (exact) mass is 491 g/mol. The maximum atomic E-state index is 12.8. The molecule has 2 aromatic carbocycles. The molecule has 0 aliphatic heterocycles. The summed E-state index contributed by atoms with van der Waals surface area (Å²) < 4.78 is 11.0. The summed E-state index contributed by atoms with van der Waals surface area (Å²) in [6.45, 7) is 3.56. The third kappa shape index (κ3) is 5.51. The van der Waals surface area contributed by atoms with Crippen molar-refractivity contribution in [3.05, 3.63) is 70.2 Å². The van der Waals surface area contributed by atoms with Crippen LogP contribution in [0.1, 0.15) is 37.8 Å². The molecule has 0 saturated heterocycles. The zero-order valence-corrected chi connectivity index (χ0v) is 20.0. The van der Waals surface area contributed by atoms with Crippen LogP contribution >= 0.6 is 0 Å². The average molecular weight is 492 g/mol. The van der Waals surface area contributed by atoms with Crippen LogP contribution in [0.3, 0.4) is 0 Å². The third-order valence-electron chi connectivity index (χ3n) is 6.06. The van der Waals surface area contributed by atoms with E-state index >= 15 is 0 Å². The van der Waals surface area contributed by atoms with E-state index in [0.717, 1.165) is 35.7 Å². The SMILES string of the molecule is CCCCc1cc(=O)oc2cc(O[C@H](C)C(=O)N[C@H](Cc3c[nH]c4ccc(O)cc34)C(=O)[O-])ccc12. The molecule has 1 amide bonds. The number of hydrogen-bond donors (Lipinski definition) is 3. The van der Waals surface area contributed by atoms with E-state index in [0.29, 0.717) is 22.3 Å². The summed E-state index contributed by atoms with van der Waals surface area (Å²) in [7, 11) is 0. The predicted molar refractivity (Wildman–Crippen MR) is 132 cm³/mol. The lowest BCUT2D eigenvalue weighted by atomic mass is 10.0. The number of rotatable bonds is 10. The Kier molecular flexibility index (Phi) is 7.28. The van der Waals surface area contributed by atoms with Gasteiger partial charge in [0.15, 0.2) is 6.10 Å². The number of carbonyl (C=O) groups is 2. The molecule has 0 aliphatic rings. The molecule has 36 heavy (non-hydrogen) atoms. The van der Waals surface area contributed by atoms with E-state index < -0.39 is 29.6 Å². The molecule has 0 aliphatic carbocycles. The highest BCUT2D eigenvalue weighted by Crippen LogP contribution is 2.25. The van der Waals surface area contributed by atoms with Crippen molar-refractivity contribution in [3.8, 4) is 11.5 Å². The first kappa shape index (κ1) is 24.8. The van der Waals surface area contributed by atoms with Crippen LogP contribution < -0.4 is 20.8 Å². The van der Waals surface area contributed by atoms with Crippen LogP contribution in [0.4, 0.5) is 0 Å². The van der Waals surface area contributed by atoms with Crippen molar-refractivity contribution in [2.75, 3.05) is 0 Å². The fourth-order valence-electron chi connectivity index (χ4n) is 4.15. The lowest BCUT2D eigenvalue weighted by Crippen LogP contribution is -2.52. The third-order valence-corrected chi connectivity index (χ3v) is 6.06. The topological polar surface area (TPSA) is 145 Å². The van der Waals surface area contributed by atoms with E-state index in [-0.39, 0.29) is 12.2 Å². The maximum absolute atomic E-state index is 12.8. The van der Waals surface area contributed by atoms with Crippen molar-refractivity contribution >= 4 is 33.7 Å². The summed E-state index contributed by atoms with van der Waals surface area (Å²) in [4.78, 5) is 39.5. The molecule has 2 atom stereocenters. The Labute approximate surface area is 206 Å². The molecule has 0 spiro atoms. The number of ether oxygens (including phenoxy) is 1. The van der Waals surface area contributed by atoms with Crippen LogP contribution in [-0.2, 0) is 22.4 Å². The van der Waals surface area contributed by atoms with Gasteiger partial charge in [-0.05, 0) is 61.2 Å². The van der Waals surface area contributed by atoms with E-state index in [4.69, 9.17) is 9.15 Å². The van der Waals surface area contributed by atoms with E-state index in [1.807, 2.05) is 0 Å². The van der Waals surface area contributed by atoms with Crippen molar-refractivity contribution in [1.82, 2.24) is 10.3 Å². The number of aryl methyl sites for hydroxylation is 1. The minimum atomic E-state index is -1.45. The van der Waals surface area contributed by atoms with Gasteiger partial charge >= 0.3 is 5.63 Å². The molecule has 0 saturated carbocycles. The molecule has 0 fully saturated rings. The van der Waals surface area contributed by atoms with E-state index in [9.17, 15) is 24.6 Å². The number of aromatic hydroxyl groups is 1. The van der Waals surface area contributed by atoms with Crippen LogP contribution in [0.25, 0.3) is 21.9 Å². The van der Waals surface area contributed by atoms with Crippen LogP contribution in [-0.4, -0.2) is 34.1 Å². The number of carbonyl (C=O) groups excluding carboxylic acids is 2.